The van der Waals surface area contributed by atoms with E-state index < -0.39 is 97.5 Å². The van der Waals surface area contributed by atoms with Crippen molar-refractivity contribution >= 4 is 59.1 Å². The SMILES string of the molecule is CCCCCCCCCCCC(=O)OCCN(CC(=O)N(CC(=O)N(CC(=O)N(CCSC(c1ccccc1)(c1ccccc1)c1ccccc1)CC(=O)N(CC(N)=O)CC(CC)CCCC)CC(CC)CCCC)CC(CC)CCCC)C(=O)CN(CC(CC)CCCC)C(=O)CNC(CO)CO. The molecule has 0 aliphatic carbocycles. The first-order valence-corrected chi connectivity index (χ1v) is 41.2. The molecule has 5 N–H and O–H groups in total. The summed E-state index contributed by atoms with van der Waals surface area (Å²) in [6.45, 7) is 15.9. The molecule has 4 atom stereocenters. The molecule has 0 aliphatic heterocycles. The number of aliphatic hydroxyl groups is 2. The third-order valence-corrected chi connectivity index (χ3v) is 22.0. The zero-order valence-corrected chi connectivity index (χ0v) is 66.5. The lowest BCUT2D eigenvalue weighted by Gasteiger charge is -2.37. The van der Waals surface area contributed by atoms with Crippen LogP contribution in [0.5, 0.6) is 0 Å². The quantitative estimate of drug-likeness (QED) is 0.0234. The highest BCUT2D eigenvalue weighted by Crippen LogP contribution is 2.48. The molecule has 4 unspecified atom stereocenters. The highest BCUT2D eigenvalue weighted by molar-refractivity contribution is 8.00. The number of nitrogens with one attached hydrogen (secondary N) is 1. The summed E-state index contributed by atoms with van der Waals surface area (Å²) in [5, 5.41) is 22.7. The summed E-state index contributed by atoms with van der Waals surface area (Å²) in [5.41, 5.74) is 8.95. The molecule has 586 valence electrons. The van der Waals surface area contributed by atoms with Crippen molar-refractivity contribution in [3.05, 3.63) is 108 Å². The predicted molar refractivity (Wildman–Crippen MR) is 422 cm³/mol. The number of hydrogen-bond donors (Lipinski definition) is 4. The number of amides is 7. The van der Waals surface area contributed by atoms with Crippen molar-refractivity contribution < 1.29 is 53.3 Å². The number of thioether (sulfide) groups is 1. The van der Waals surface area contributed by atoms with Gasteiger partial charge in [0.15, 0.2) is 0 Å². The number of esters is 1. The third-order valence-electron chi connectivity index (χ3n) is 20.5. The molecule has 0 aromatic heterocycles. The number of unbranched alkanes of at least 4 members (excludes halogenated alkanes) is 12. The lowest BCUT2D eigenvalue weighted by Crippen LogP contribution is -2.54. The van der Waals surface area contributed by atoms with Crippen LogP contribution in [0.4, 0.5) is 0 Å². The first-order chi connectivity index (χ1) is 50.3. The van der Waals surface area contributed by atoms with E-state index in [9.17, 15) is 24.6 Å². The van der Waals surface area contributed by atoms with E-state index >= 15 is 24.0 Å². The summed E-state index contributed by atoms with van der Waals surface area (Å²) in [4.78, 5) is 127. The van der Waals surface area contributed by atoms with Crippen molar-refractivity contribution in [1.82, 2.24) is 34.7 Å². The Morgan fingerprint density at radius 3 is 1.08 bits per heavy atom. The molecule has 0 saturated heterocycles. The smallest absolute Gasteiger partial charge is 0.305 e. The molecule has 0 spiro atoms. The van der Waals surface area contributed by atoms with Gasteiger partial charge in [-0.3, -0.25) is 38.4 Å². The number of carbonyl (C=O) groups excluding carboxylic acids is 8. The van der Waals surface area contributed by atoms with Crippen LogP contribution >= 0.6 is 11.8 Å². The van der Waals surface area contributed by atoms with Crippen molar-refractivity contribution in [3.8, 4) is 0 Å². The molecule has 7 amide bonds. The van der Waals surface area contributed by atoms with Gasteiger partial charge in [0.2, 0.25) is 41.4 Å². The summed E-state index contributed by atoms with van der Waals surface area (Å²) in [5.74, 6) is -3.58. The van der Waals surface area contributed by atoms with Crippen molar-refractivity contribution in [1.29, 1.82) is 0 Å². The number of primary amides is 1. The van der Waals surface area contributed by atoms with Gasteiger partial charge in [0.25, 0.3) is 0 Å². The second kappa shape index (κ2) is 55.1. The molecule has 20 heteroatoms. The van der Waals surface area contributed by atoms with Crippen LogP contribution in [0.1, 0.15) is 246 Å². The van der Waals surface area contributed by atoms with E-state index in [2.05, 4.69) is 97.1 Å². The Morgan fingerprint density at radius 2 is 0.731 bits per heavy atom. The molecule has 104 heavy (non-hydrogen) atoms. The number of rotatable bonds is 61. The molecule has 0 aliphatic rings. The average molecular weight is 1470 g/mol. The van der Waals surface area contributed by atoms with Crippen LogP contribution in [0.2, 0.25) is 0 Å². The van der Waals surface area contributed by atoms with Gasteiger partial charge in [-0.15, -0.1) is 11.8 Å². The molecule has 0 bridgehead atoms. The van der Waals surface area contributed by atoms with Crippen molar-refractivity contribution in [3.63, 3.8) is 0 Å². The highest BCUT2D eigenvalue weighted by Gasteiger charge is 2.38. The van der Waals surface area contributed by atoms with Gasteiger partial charge in [-0.1, -0.05) is 282 Å². The first kappa shape index (κ1) is 91.9. The molecular formula is C84H138N8O11S. The van der Waals surface area contributed by atoms with Gasteiger partial charge < -0.3 is 55.4 Å². The minimum absolute atomic E-state index is 0.0257. The van der Waals surface area contributed by atoms with Crippen molar-refractivity contribution in [2.24, 2.45) is 29.4 Å². The maximum Gasteiger partial charge on any atom is 0.305 e. The van der Waals surface area contributed by atoms with Crippen LogP contribution in [0.15, 0.2) is 91.0 Å². The van der Waals surface area contributed by atoms with Gasteiger partial charge >= 0.3 is 5.97 Å². The van der Waals surface area contributed by atoms with Gasteiger partial charge in [-0.2, -0.15) is 0 Å². The number of carbonyl (C=O) groups is 8. The van der Waals surface area contributed by atoms with E-state index in [1.54, 1.807) is 16.7 Å². The molecule has 0 heterocycles. The Bertz CT molecular complexity index is 2740. The molecule has 19 nitrogen and oxygen atoms in total. The number of hydrogen-bond acceptors (Lipinski definition) is 13. The van der Waals surface area contributed by atoms with Crippen LogP contribution in [-0.2, 0) is 47.8 Å². The van der Waals surface area contributed by atoms with E-state index in [4.69, 9.17) is 10.5 Å². The van der Waals surface area contributed by atoms with E-state index in [1.807, 2.05) is 61.5 Å². The highest BCUT2D eigenvalue weighted by atomic mass is 32.2. The zero-order chi connectivity index (χ0) is 76.3. The summed E-state index contributed by atoms with van der Waals surface area (Å²) in [6.07, 6.45) is 23.3. The van der Waals surface area contributed by atoms with Crippen molar-refractivity contribution in [2.75, 3.05) is 111 Å². The topological polar surface area (TPSA) is 244 Å². The fourth-order valence-electron chi connectivity index (χ4n) is 13.6. The van der Waals surface area contributed by atoms with Gasteiger partial charge in [0.1, 0.15) is 6.61 Å². The minimum atomic E-state index is -0.767. The second-order valence-corrected chi connectivity index (χ2v) is 30.0. The maximum absolute atomic E-state index is 15.8. The van der Waals surface area contributed by atoms with Crippen LogP contribution in [0, 0.1) is 23.7 Å². The van der Waals surface area contributed by atoms with Crippen LogP contribution in [0.25, 0.3) is 0 Å². The average Bonchev–Trinajstić information content (AvgIpc) is 0.759. The predicted octanol–water partition coefficient (Wildman–Crippen LogP) is 13.4. The van der Waals surface area contributed by atoms with Gasteiger partial charge in [0.05, 0.1) is 76.4 Å². The normalized spacial score (nSPS) is 12.7. The Labute approximate surface area is 631 Å². The summed E-state index contributed by atoms with van der Waals surface area (Å²) >= 11 is 1.64. The van der Waals surface area contributed by atoms with Crippen molar-refractivity contribution in [2.45, 2.75) is 240 Å². The zero-order valence-electron chi connectivity index (χ0n) is 65.7. The lowest BCUT2D eigenvalue weighted by atomic mass is 9.84. The van der Waals surface area contributed by atoms with E-state index in [1.165, 1.54) is 56.6 Å². The van der Waals surface area contributed by atoms with E-state index in [0.717, 1.165) is 126 Å². The molecule has 3 rings (SSSR count). The van der Waals surface area contributed by atoms with Crippen LogP contribution in [-0.4, -0.2) is 204 Å². The van der Waals surface area contributed by atoms with E-state index in [0.29, 0.717) is 25.0 Å². The van der Waals surface area contributed by atoms with Crippen LogP contribution in [0.3, 0.4) is 0 Å². The first-order valence-electron chi connectivity index (χ1n) is 40.2. The third kappa shape index (κ3) is 34.9. The fourth-order valence-corrected chi connectivity index (χ4v) is 15.1. The molecule has 0 fully saturated rings. The summed E-state index contributed by atoms with van der Waals surface area (Å²) in [7, 11) is 0. The molecule has 0 saturated carbocycles. The number of nitrogens with two attached hydrogens (primary N) is 1. The fraction of sp³-hybridized carbons (Fsp3) is 0.690. The van der Waals surface area contributed by atoms with Gasteiger partial charge in [-0.05, 0) is 72.5 Å². The lowest BCUT2D eigenvalue weighted by molar-refractivity contribution is -0.150. The second-order valence-electron chi connectivity index (χ2n) is 28.7. The van der Waals surface area contributed by atoms with Gasteiger partial charge in [0, 0.05) is 44.9 Å². The Morgan fingerprint density at radius 1 is 0.413 bits per heavy atom. The Balaban J connectivity index is 2.23. The Hall–Kier alpha value is -6.35. The molecular weight excluding hydrogens is 1330 g/mol. The monoisotopic (exact) mass is 1470 g/mol. The molecule has 3 aromatic rings. The number of aliphatic hydroxyl groups excluding tert-OH is 2. The summed E-state index contributed by atoms with van der Waals surface area (Å²) < 4.78 is 5.05. The molecule has 3 aromatic carbocycles. The number of nitrogens with zero attached hydrogens (tertiary/aromatic N) is 6. The van der Waals surface area contributed by atoms with Crippen LogP contribution < -0.4 is 11.1 Å². The summed E-state index contributed by atoms with van der Waals surface area (Å²) in [6, 6.07) is 29.9. The largest absolute Gasteiger partial charge is 0.464 e. The number of benzene rings is 3. The maximum atomic E-state index is 15.8. The minimum Gasteiger partial charge on any atom is -0.464 e. The standard InChI is InChI=1S/C84H138N8O11S/c1-10-19-24-25-26-27-28-29-39-50-83(102)103-53-51-87(78(97)63-90(57-69(16-7)41-21-12-3)77(96)55-86-75(66-93)67-94)61-81(100)92(59-71(18-9)43-23-14-5)65-82(101)91(58-70(17-8)42-22-13-4)64-79(98)88(62-80(99)89(60-76(85)95)56-68(15-6)40-20-11-2)52-54-104-84(72-44-33-30-34-45-72,73-46-35-31-36-47-73)74-48-37-32-38-49-74/h30-38,44-49,68-71,75,86,93-94H,10-29,39-43,50-67H2,1-9H3,(H2,85,95). The Kier molecular flexibility index (Phi) is 48.7. The molecule has 0 radical (unpaired) electrons. The van der Waals surface area contributed by atoms with Gasteiger partial charge in [-0.25, -0.2) is 0 Å². The number of ether oxygens (including phenoxy) is 1. The van der Waals surface area contributed by atoms with E-state index in [-0.39, 0.29) is 95.6 Å².